The minimum Gasteiger partial charge on any atom is -0.497 e. The highest BCUT2D eigenvalue weighted by atomic mass is 16.5. The Kier molecular flexibility index (Phi) is 8.54. The molecule has 8 heteroatoms. The maximum Gasteiger partial charge on any atom is 0.234 e. The van der Waals surface area contributed by atoms with Crippen LogP contribution in [-0.2, 0) is 11.3 Å². The maximum atomic E-state index is 12.8. The van der Waals surface area contributed by atoms with Crippen LogP contribution in [0.5, 0.6) is 23.0 Å². The predicted octanol–water partition coefficient (Wildman–Crippen LogP) is 2.93. The molecule has 0 aliphatic carbocycles. The number of piperidine rings is 1. The highest BCUT2D eigenvalue weighted by Gasteiger charge is 2.26. The molecular formula is C25H32N2O6. The molecule has 33 heavy (non-hydrogen) atoms. The minimum atomic E-state index is -0.0660. The number of rotatable bonds is 10. The second kappa shape index (κ2) is 11.6. The van der Waals surface area contributed by atoms with Crippen LogP contribution in [0.4, 0.5) is 0 Å². The van der Waals surface area contributed by atoms with E-state index in [0.29, 0.717) is 49.0 Å². The molecule has 3 rings (SSSR count). The Labute approximate surface area is 194 Å². The van der Waals surface area contributed by atoms with Gasteiger partial charge < -0.3 is 24.3 Å². The Hall–Kier alpha value is -3.26. The number of nitrogens with one attached hydrogen (secondary N) is 1. The molecule has 178 valence electrons. The molecule has 1 heterocycles. The second-order valence-corrected chi connectivity index (χ2v) is 7.95. The van der Waals surface area contributed by atoms with Gasteiger partial charge in [-0.05, 0) is 67.9 Å². The van der Waals surface area contributed by atoms with Crippen LogP contribution in [0.2, 0.25) is 0 Å². The van der Waals surface area contributed by atoms with Crippen LogP contribution in [-0.4, -0.2) is 64.7 Å². The van der Waals surface area contributed by atoms with Gasteiger partial charge in [0.1, 0.15) is 5.75 Å². The molecule has 1 aliphatic heterocycles. The number of benzene rings is 2. The van der Waals surface area contributed by atoms with Crippen molar-refractivity contribution in [2.24, 2.45) is 5.92 Å². The van der Waals surface area contributed by atoms with Gasteiger partial charge in [0, 0.05) is 18.0 Å². The first kappa shape index (κ1) is 24.4. The molecule has 0 radical (unpaired) electrons. The first-order valence-corrected chi connectivity index (χ1v) is 10.9. The van der Waals surface area contributed by atoms with Crippen molar-refractivity contribution in [2.75, 3.05) is 48.1 Å². The molecule has 1 saturated heterocycles. The lowest BCUT2D eigenvalue weighted by Crippen LogP contribution is -2.42. The lowest BCUT2D eigenvalue weighted by molar-refractivity contribution is -0.122. The van der Waals surface area contributed by atoms with Crippen LogP contribution in [0, 0.1) is 5.92 Å². The quantitative estimate of drug-likeness (QED) is 0.550. The summed E-state index contributed by atoms with van der Waals surface area (Å²) in [5.74, 6) is 2.42. The van der Waals surface area contributed by atoms with E-state index in [4.69, 9.17) is 18.9 Å². The first-order valence-electron chi connectivity index (χ1n) is 10.9. The number of amides is 1. The van der Waals surface area contributed by atoms with Crippen LogP contribution in [0.15, 0.2) is 36.4 Å². The molecule has 0 aromatic heterocycles. The first-order chi connectivity index (χ1) is 16.0. The Balaban J connectivity index is 1.48. The number of ether oxygens (including phenoxy) is 4. The smallest absolute Gasteiger partial charge is 0.234 e. The predicted molar refractivity (Wildman–Crippen MR) is 124 cm³/mol. The largest absolute Gasteiger partial charge is 0.497 e. The summed E-state index contributed by atoms with van der Waals surface area (Å²) in [5, 5.41) is 2.95. The van der Waals surface area contributed by atoms with Gasteiger partial charge in [0.2, 0.25) is 11.7 Å². The molecule has 0 atom stereocenters. The van der Waals surface area contributed by atoms with Gasteiger partial charge in [-0.3, -0.25) is 14.5 Å². The van der Waals surface area contributed by atoms with Crippen molar-refractivity contribution in [3.8, 4) is 23.0 Å². The zero-order chi connectivity index (χ0) is 23.8. The van der Waals surface area contributed by atoms with Gasteiger partial charge in [-0.15, -0.1) is 0 Å². The van der Waals surface area contributed by atoms with Gasteiger partial charge >= 0.3 is 0 Å². The third-order valence-electron chi connectivity index (χ3n) is 5.91. The van der Waals surface area contributed by atoms with Crippen molar-refractivity contribution < 1.29 is 28.5 Å². The number of ketones is 1. The number of carbonyl (C=O) groups excluding carboxylic acids is 2. The number of hydrogen-bond donors (Lipinski definition) is 1. The lowest BCUT2D eigenvalue weighted by atomic mass is 9.89. The topological polar surface area (TPSA) is 86.3 Å². The van der Waals surface area contributed by atoms with Crippen LogP contribution in [0.3, 0.4) is 0 Å². The van der Waals surface area contributed by atoms with Gasteiger partial charge in [-0.2, -0.15) is 0 Å². The van der Waals surface area contributed by atoms with E-state index < -0.39 is 0 Å². The van der Waals surface area contributed by atoms with E-state index in [2.05, 4.69) is 10.2 Å². The third-order valence-corrected chi connectivity index (χ3v) is 5.91. The van der Waals surface area contributed by atoms with Crippen molar-refractivity contribution in [1.29, 1.82) is 0 Å². The summed E-state index contributed by atoms with van der Waals surface area (Å²) >= 11 is 0. The highest BCUT2D eigenvalue weighted by Crippen LogP contribution is 2.38. The Bertz CT molecular complexity index is 927. The van der Waals surface area contributed by atoms with Gasteiger partial charge in [-0.25, -0.2) is 0 Å². The number of methoxy groups -OCH3 is 4. The van der Waals surface area contributed by atoms with E-state index in [9.17, 15) is 9.59 Å². The molecule has 1 fully saturated rings. The molecule has 1 aliphatic rings. The van der Waals surface area contributed by atoms with E-state index in [-0.39, 0.29) is 17.6 Å². The third kappa shape index (κ3) is 6.16. The summed E-state index contributed by atoms with van der Waals surface area (Å²) in [6.07, 6.45) is 1.48. The van der Waals surface area contributed by atoms with Crippen LogP contribution < -0.4 is 24.3 Å². The van der Waals surface area contributed by atoms with Crippen molar-refractivity contribution in [1.82, 2.24) is 10.2 Å². The summed E-state index contributed by atoms with van der Waals surface area (Å²) in [7, 11) is 6.27. The highest BCUT2D eigenvalue weighted by molar-refractivity contribution is 5.98. The Morgan fingerprint density at radius 1 is 0.909 bits per heavy atom. The average Bonchev–Trinajstić information content (AvgIpc) is 2.86. The van der Waals surface area contributed by atoms with E-state index >= 15 is 0 Å². The fraction of sp³-hybridized carbons (Fsp3) is 0.440. The average molecular weight is 457 g/mol. The number of likely N-dealkylation sites (tertiary alicyclic amines) is 1. The Morgan fingerprint density at radius 2 is 1.52 bits per heavy atom. The maximum absolute atomic E-state index is 12.8. The van der Waals surface area contributed by atoms with E-state index in [0.717, 1.165) is 24.2 Å². The number of hydrogen-bond acceptors (Lipinski definition) is 7. The van der Waals surface area contributed by atoms with Gasteiger partial charge in [0.25, 0.3) is 0 Å². The van der Waals surface area contributed by atoms with Crippen molar-refractivity contribution in [2.45, 2.75) is 19.4 Å². The normalized spacial score (nSPS) is 14.4. The van der Waals surface area contributed by atoms with E-state index in [1.165, 1.54) is 0 Å². The van der Waals surface area contributed by atoms with Crippen LogP contribution >= 0.6 is 0 Å². The van der Waals surface area contributed by atoms with Crippen molar-refractivity contribution in [3.63, 3.8) is 0 Å². The van der Waals surface area contributed by atoms with E-state index in [1.807, 2.05) is 24.3 Å². The molecule has 8 nitrogen and oxygen atoms in total. The standard InChI is InChI=1S/C25H32N2O6/c1-30-20-7-5-18(6-8-20)24(29)19-9-11-27(12-10-19)16-23(28)26-15-17-13-21(31-2)25(33-4)22(14-17)32-3/h5-8,13-14,19H,9-12,15-16H2,1-4H3,(H,26,28). The zero-order valence-corrected chi connectivity index (χ0v) is 19.7. The van der Waals surface area contributed by atoms with Gasteiger partial charge in [0.05, 0.1) is 35.0 Å². The molecule has 1 amide bonds. The fourth-order valence-electron chi connectivity index (χ4n) is 4.04. The van der Waals surface area contributed by atoms with Gasteiger partial charge in [0.15, 0.2) is 17.3 Å². The molecule has 0 unspecified atom stereocenters. The molecular weight excluding hydrogens is 424 g/mol. The summed E-state index contributed by atoms with van der Waals surface area (Å²) in [6, 6.07) is 10.9. The van der Waals surface area contributed by atoms with E-state index in [1.54, 1.807) is 40.6 Å². The number of Topliss-reactive ketones (excluding diaryl/α,β-unsaturated/α-hetero) is 1. The molecule has 1 N–H and O–H groups in total. The van der Waals surface area contributed by atoms with Gasteiger partial charge in [-0.1, -0.05) is 0 Å². The monoisotopic (exact) mass is 456 g/mol. The van der Waals surface area contributed by atoms with Crippen LogP contribution in [0.25, 0.3) is 0 Å². The van der Waals surface area contributed by atoms with Crippen molar-refractivity contribution >= 4 is 11.7 Å². The van der Waals surface area contributed by atoms with Crippen LogP contribution in [0.1, 0.15) is 28.8 Å². The molecule has 0 saturated carbocycles. The molecule has 0 spiro atoms. The zero-order valence-electron chi connectivity index (χ0n) is 19.7. The summed E-state index contributed by atoms with van der Waals surface area (Å²) in [4.78, 5) is 27.4. The number of nitrogens with zero attached hydrogens (tertiary/aromatic N) is 1. The minimum absolute atomic E-state index is 0.0167. The Morgan fingerprint density at radius 3 is 2.03 bits per heavy atom. The second-order valence-electron chi connectivity index (χ2n) is 7.95. The van der Waals surface area contributed by atoms with Crippen molar-refractivity contribution in [3.05, 3.63) is 47.5 Å². The summed E-state index contributed by atoms with van der Waals surface area (Å²) in [6.45, 7) is 2.07. The molecule has 0 bridgehead atoms. The fourth-order valence-corrected chi connectivity index (χ4v) is 4.04. The lowest BCUT2D eigenvalue weighted by Gasteiger charge is -2.30. The number of carbonyl (C=O) groups is 2. The summed E-state index contributed by atoms with van der Waals surface area (Å²) in [5.41, 5.74) is 1.55. The molecule has 2 aromatic rings. The summed E-state index contributed by atoms with van der Waals surface area (Å²) < 4.78 is 21.2. The SMILES string of the molecule is COc1ccc(C(=O)C2CCN(CC(=O)NCc3cc(OC)c(OC)c(OC)c3)CC2)cc1. The molecule has 2 aromatic carbocycles.